The zero-order valence-corrected chi connectivity index (χ0v) is 22.0. The largest absolute Gasteiger partial charge is 0.486 e. The minimum atomic E-state index is -0.255. The molecule has 0 saturated heterocycles. The third-order valence-corrected chi connectivity index (χ3v) is 7.37. The first-order valence-electron chi connectivity index (χ1n) is 13.3. The van der Waals surface area contributed by atoms with Crippen molar-refractivity contribution >= 4 is 16.4 Å². The van der Waals surface area contributed by atoms with Crippen LogP contribution in [0.15, 0.2) is 104 Å². The lowest BCUT2D eigenvalue weighted by molar-refractivity contribution is 0.296. The van der Waals surface area contributed by atoms with Crippen LogP contribution >= 0.6 is 0 Å². The summed E-state index contributed by atoms with van der Waals surface area (Å²) in [4.78, 5) is 14.0. The Labute approximate surface area is 234 Å². The molecule has 5 heterocycles. The number of aromatic nitrogens is 7. The molecule has 1 atom stereocenters. The van der Waals surface area contributed by atoms with Crippen LogP contribution in [0.25, 0.3) is 22.1 Å². The van der Waals surface area contributed by atoms with E-state index in [1.54, 1.807) is 17.0 Å². The van der Waals surface area contributed by atoms with E-state index >= 15 is 0 Å². The van der Waals surface area contributed by atoms with Gasteiger partial charge in [-0.1, -0.05) is 54.6 Å². The van der Waals surface area contributed by atoms with Gasteiger partial charge in [0.1, 0.15) is 18.7 Å². The summed E-state index contributed by atoms with van der Waals surface area (Å²) in [7, 11) is 0. The molecule has 41 heavy (non-hydrogen) atoms. The lowest BCUT2D eigenvalue weighted by atomic mass is 9.85. The monoisotopic (exact) mass is 537 g/mol. The highest BCUT2D eigenvalue weighted by molar-refractivity contribution is 5.83. The lowest BCUT2D eigenvalue weighted by Crippen LogP contribution is -2.16. The van der Waals surface area contributed by atoms with Crippen molar-refractivity contribution in [2.45, 2.75) is 19.4 Å². The predicted octanol–water partition coefficient (Wildman–Crippen LogP) is 6.03. The molecule has 0 spiro atoms. The summed E-state index contributed by atoms with van der Waals surface area (Å²) >= 11 is 0. The average molecular weight is 538 g/mol. The van der Waals surface area contributed by atoms with Crippen LogP contribution < -0.4 is 9.47 Å². The Bertz CT molecular complexity index is 2050. The second kappa shape index (κ2) is 9.27. The van der Waals surface area contributed by atoms with E-state index < -0.39 is 0 Å². The van der Waals surface area contributed by atoms with Crippen LogP contribution in [0.2, 0.25) is 0 Å². The van der Waals surface area contributed by atoms with Crippen LogP contribution in [0.5, 0.6) is 17.5 Å². The van der Waals surface area contributed by atoms with Gasteiger partial charge in [0.05, 0.1) is 28.4 Å². The first kappa shape index (κ1) is 23.3. The van der Waals surface area contributed by atoms with E-state index in [-0.39, 0.29) is 12.5 Å². The fourth-order valence-corrected chi connectivity index (χ4v) is 5.51. The zero-order valence-electron chi connectivity index (χ0n) is 22.0. The smallest absolute Gasteiger partial charge is 0.230 e. The van der Waals surface area contributed by atoms with Crippen LogP contribution in [0.3, 0.4) is 0 Å². The normalized spacial score (nSPS) is 14.0. The van der Waals surface area contributed by atoms with Gasteiger partial charge in [-0.25, -0.2) is 19.2 Å². The maximum Gasteiger partial charge on any atom is 0.230 e. The summed E-state index contributed by atoms with van der Waals surface area (Å²) < 4.78 is 16.1. The van der Waals surface area contributed by atoms with Crippen LogP contribution in [-0.4, -0.2) is 34.3 Å². The van der Waals surface area contributed by atoms with Crippen molar-refractivity contribution in [3.05, 3.63) is 132 Å². The van der Waals surface area contributed by atoms with Crippen LogP contribution in [-0.2, 0) is 6.61 Å². The van der Waals surface area contributed by atoms with Gasteiger partial charge in [0, 0.05) is 12.4 Å². The number of fused-ring (bicyclic) bond motifs is 5. The van der Waals surface area contributed by atoms with E-state index in [1.165, 1.54) is 0 Å². The number of hydrogen-bond donors (Lipinski definition) is 0. The average Bonchev–Trinajstić information content (AvgIpc) is 3.60. The predicted molar refractivity (Wildman–Crippen MR) is 153 cm³/mol. The van der Waals surface area contributed by atoms with E-state index in [0.717, 1.165) is 44.6 Å². The fourth-order valence-electron chi connectivity index (χ4n) is 5.51. The third kappa shape index (κ3) is 3.89. The molecule has 3 aromatic carbocycles. The Morgan fingerprint density at radius 3 is 2.59 bits per heavy atom. The van der Waals surface area contributed by atoms with Gasteiger partial charge in [0.15, 0.2) is 11.5 Å². The number of para-hydroxylation sites is 1. The van der Waals surface area contributed by atoms with Gasteiger partial charge in [-0.05, 0) is 53.6 Å². The molecular formula is C32H23N7O2. The molecule has 0 unspecified atom stereocenters. The van der Waals surface area contributed by atoms with Gasteiger partial charge in [-0.15, -0.1) is 5.10 Å². The first-order chi connectivity index (χ1) is 20.2. The van der Waals surface area contributed by atoms with Crippen molar-refractivity contribution in [2.75, 3.05) is 0 Å². The maximum atomic E-state index is 6.48. The fraction of sp³-hybridized carbons (Fsp3) is 0.0938. The lowest BCUT2D eigenvalue weighted by Gasteiger charge is -2.26. The van der Waals surface area contributed by atoms with Crippen molar-refractivity contribution in [1.29, 1.82) is 0 Å². The van der Waals surface area contributed by atoms with E-state index in [9.17, 15) is 0 Å². The molecule has 0 bridgehead atoms. The molecule has 8 rings (SSSR count). The molecule has 9 nitrogen and oxygen atoms in total. The molecule has 7 aromatic rings. The van der Waals surface area contributed by atoms with E-state index in [4.69, 9.17) is 19.6 Å². The SMILES string of the molecule is Cc1nn(-c2ccccc2)c2c1[C@@H](c1cccnc1)c1c(ncn3nc(COc4ccc5ccccc5c4)nc13)O2. The van der Waals surface area contributed by atoms with Crippen molar-refractivity contribution in [1.82, 2.24) is 34.3 Å². The molecule has 9 heteroatoms. The number of benzene rings is 3. The Balaban J connectivity index is 1.22. The molecule has 0 aliphatic carbocycles. The van der Waals surface area contributed by atoms with Gasteiger partial charge in [0.2, 0.25) is 11.8 Å². The summed E-state index contributed by atoms with van der Waals surface area (Å²) in [5.74, 6) is 2.14. The number of aryl methyl sites for hydroxylation is 1. The zero-order chi connectivity index (χ0) is 27.3. The Hall–Kier alpha value is -5.57. The van der Waals surface area contributed by atoms with Crippen LogP contribution in [0.4, 0.5) is 0 Å². The maximum absolute atomic E-state index is 6.48. The van der Waals surface area contributed by atoms with Gasteiger partial charge in [-0.2, -0.15) is 5.10 Å². The number of ether oxygens (including phenoxy) is 2. The van der Waals surface area contributed by atoms with Gasteiger partial charge in [-0.3, -0.25) is 4.98 Å². The van der Waals surface area contributed by atoms with Gasteiger partial charge in [0.25, 0.3) is 0 Å². The summed E-state index contributed by atoms with van der Waals surface area (Å²) in [5, 5.41) is 11.8. The molecule has 198 valence electrons. The van der Waals surface area contributed by atoms with Crippen molar-refractivity contribution < 1.29 is 9.47 Å². The van der Waals surface area contributed by atoms with Crippen molar-refractivity contribution in [3.8, 4) is 23.2 Å². The molecule has 4 aromatic heterocycles. The van der Waals surface area contributed by atoms with Crippen molar-refractivity contribution in [2.24, 2.45) is 0 Å². The Morgan fingerprint density at radius 1 is 0.878 bits per heavy atom. The van der Waals surface area contributed by atoms with Gasteiger partial charge >= 0.3 is 0 Å². The van der Waals surface area contributed by atoms with E-state index in [2.05, 4.69) is 33.3 Å². The number of pyridine rings is 1. The Morgan fingerprint density at radius 2 is 1.73 bits per heavy atom. The summed E-state index contributed by atoms with van der Waals surface area (Å²) in [6, 6.07) is 28.2. The van der Waals surface area contributed by atoms with Crippen LogP contribution in [0.1, 0.15) is 34.1 Å². The highest BCUT2D eigenvalue weighted by atomic mass is 16.5. The van der Waals surface area contributed by atoms with E-state index in [0.29, 0.717) is 23.2 Å². The molecule has 0 radical (unpaired) electrons. The highest BCUT2D eigenvalue weighted by Gasteiger charge is 2.38. The van der Waals surface area contributed by atoms with Crippen LogP contribution in [0, 0.1) is 6.92 Å². The Kier molecular flexibility index (Phi) is 5.27. The summed E-state index contributed by atoms with van der Waals surface area (Å²) in [5.41, 5.74) is 5.15. The minimum absolute atomic E-state index is 0.212. The molecule has 0 amide bonds. The number of nitrogens with zero attached hydrogens (tertiary/aromatic N) is 7. The number of hydrogen-bond acceptors (Lipinski definition) is 7. The second-order valence-corrected chi connectivity index (χ2v) is 9.93. The molecular weight excluding hydrogens is 514 g/mol. The molecule has 1 aliphatic heterocycles. The van der Waals surface area contributed by atoms with E-state index in [1.807, 2.05) is 84.5 Å². The minimum Gasteiger partial charge on any atom is -0.486 e. The molecule has 0 fully saturated rings. The molecule has 1 aliphatic rings. The number of rotatable bonds is 5. The van der Waals surface area contributed by atoms with Crippen molar-refractivity contribution in [3.63, 3.8) is 0 Å². The third-order valence-electron chi connectivity index (χ3n) is 7.37. The van der Waals surface area contributed by atoms with Gasteiger partial charge < -0.3 is 9.47 Å². The molecule has 0 N–H and O–H groups in total. The first-order valence-corrected chi connectivity index (χ1v) is 13.3. The summed E-state index contributed by atoms with van der Waals surface area (Å²) in [6.07, 6.45) is 5.26. The molecule has 0 saturated carbocycles. The highest BCUT2D eigenvalue weighted by Crippen LogP contribution is 2.49. The quantitative estimate of drug-likeness (QED) is 0.265. The summed E-state index contributed by atoms with van der Waals surface area (Å²) in [6.45, 7) is 2.21. The standard InChI is InChI=1S/C32H23N7O2/c1-20-27-28(23-10-7-15-33-17-23)29-30-35-26(18-40-25-14-13-21-8-5-6-9-22(21)16-25)37-38(30)19-34-31(29)41-32(27)39(36-20)24-11-3-2-4-12-24/h2-17,19,28H,18H2,1H3/t28-/m1/s1. The second-order valence-electron chi connectivity index (χ2n) is 9.93. The topological polar surface area (TPSA) is 92.3 Å².